The number of hydrogen-bond acceptors (Lipinski definition) is 3. The van der Waals surface area contributed by atoms with Crippen molar-refractivity contribution in [2.75, 3.05) is 13.1 Å². The standard InChI is InChI=1S/C20H26N4O3/c1-14-17(15(2)24(22-14)12-16-7-5-4-6-8-16)11-21-19(27)23-10-9-20(3,13-23)18(25)26/h4-8H,9-13H2,1-3H3,(H,21,27)(H,25,26). The van der Waals surface area contributed by atoms with E-state index in [0.29, 0.717) is 26.1 Å². The van der Waals surface area contributed by atoms with Gasteiger partial charge in [-0.2, -0.15) is 5.10 Å². The number of nitrogens with one attached hydrogen (secondary N) is 1. The Morgan fingerprint density at radius 2 is 1.96 bits per heavy atom. The molecule has 2 N–H and O–H groups in total. The predicted molar refractivity (Wildman–Crippen MR) is 101 cm³/mol. The zero-order valence-corrected chi connectivity index (χ0v) is 16.0. The van der Waals surface area contributed by atoms with Crippen LogP contribution < -0.4 is 5.32 Å². The molecule has 2 aromatic rings. The van der Waals surface area contributed by atoms with E-state index in [2.05, 4.69) is 22.5 Å². The van der Waals surface area contributed by atoms with Crippen molar-refractivity contribution in [3.8, 4) is 0 Å². The van der Waals surface area contributed by atoms with Crippen LogP contribution in [0.25, 0.3) is 0 Å². The number of amides is 2. The molecule has 0 bridgehead atoms. The second kappa shape index (κ2) is 7.42. The lowest BCUT2D eigenvalue weighted by atomic mass is 9.90. The largest absolute Gasteiger partial charge is 0.481 e. The van der Waals surface area contributed by atoms with Gasteiger partial charge in [-0.15, -0.1) is 0 Å². The lowest BCUT2D eigenvalue weighted by Crippen LogP contribution is -2.40. The van der Waals surface area contributed by atoms with Crippen LogP contribution in [-0.2, 0) is 17.9 Å². The van der Waals surface area contributed by atoms with Crippen molar-refractivity contribution in [1.29, 1.82) is 0 Å². The van der Waals surface area contributed by atoms with Gasteiger partial charge in [0.2, 0.25) is 0 Å². The summed E-state index contributed by atoms with van der Waals surface area (Å²) in [4.78, 5) is 25.4. The maximum absolute atomic E-state index is 12.4. The Labute approximate surface area is 159 Å². The van der Waals surface area contributed by atoms with Crippen LogP contribution in [0.15, 0.2) is 30.3 Å². The molecule has 1 aromatic carbocycles. The number of aryl methyl sites for hydroxylation is 1. The number of hydrogen-bond donors (Lipinski definition) is 2. The molecule has 7 nitrogen and oxygen atoms in total. The van der Waals surface area contributed by atoms with Crippen molar-refractivity contribution < 1.29 is 14.7 Å². The Morgan fingerprint density at radius 3 is 2.59 bits per heavy atom. The maximum atomic E-state index is 12.4. The first-order valence-corrected chi connectivity index (χ1v) is 9.13. The second-order valence-electron chi connectivity index (χ2n) is 7.49. The zero-order chi connectivity index (χ0) is 19.6. The van der Waals surface area contributed by atoms with Gasteiger partial charge < -0.3 is 15.3 Å². The minimum absolute atomic E-state index is 0.227. The van der Waals surface area contributed by atoms with Crippen LogP contribution in [0.1, 0.15) is 35.9 Å². The lowest BCUT2D eigenvalue weighted by Gasteiger charge is -2.20. The smallest absolute Gasteiger partial charge is 0.317 e. The van der Waals surface area contributed by atoms with Gasteiger partial charge in [-0.25, -0.2) is 4.79 Å². The quantitative estimate of drug-likeness (QED) is 0.847. The molecular weight excluding hydrogens is 344 g/mol. The van der Waals surface area contributed by atoms with Crippen LogP contribution in [-0.4, -0.2) is 44.9 Å². The van der Waals surface area contributed by atoms with Gasteiger partial charge in [0.15, 0.2) is 0 Å². The summed E-state index contributed by atoms with van der Waals surface area (Å²) in [7, 11) is 0. The van der Waals surface area contributed by atoms with Gasteiger partial charge in [0, 0.05) is 30.9 Å². The SMILES string of the molecule is Cc1nn(Cc2ccccc2)c(C)c1CNC(=O)N1CCC(C)(C(=O)O)C1. The van der Waals surface area contributed by atoms with Gasteiger partial charge in [0.25, 0.3) is 0 Å². The fourth-order valence-electron chi connectivity index (χ4n) is 3.48. The van der Waals surface area contributed by atoms with Crippen LogP contribution in [0.5, 0.6) is 0 Å². The summed E-state index contributed by atoms with van der Waals surface area (Å²) >= 11 is 0. The van der Waals surface area contributed by atoms with Crippen molar-refractivity contribution in [3.05, 3.63) is 52.8 Å². The van der Waals surface area contributed by atoms with E-state index in [9.17, 15) is 14.7 Å². The fraction of sp³-hybridized carbons (Fsp3) is 0.450. The molecule has 27 heavy (non-hydrogen) atoms. The number of benzene rings is 1. The third-order valence-electron chi connectivity index (χ3n) is 5.40. The topological polar surface area (TPSA) is 87.5 Å². The van der Waals surface area contributed by atoms with Gasteiger partial charge in [-0.05, 0) is 32.8 Å². The molecule has 7 heteroatoms. The predicted octanol–water partition coefficient (Wildman–Crippen LogP) is 2.55. The molecule has 2 amide bonds. The number of aromatic nitrogens is 2. The Bertz CT molecular complexity index is 846. The number of rotatable bonds is 5. The summed E-state index contributed by atoms with van der Waals surface area (Å²) in [6.07, 6.45) is 0.475. The average molecular weight is 370 g/mol. The minimum Gasteiger partial charge on any atom is -0.481 e. The summed E-state index contributed by atoms with van der Waals surface area (Å²) in [5.41, 5.74) is 3.22. The molecule has 0 radical (unpaired) electrons. The van der Waals surface area contributed by atoms with E-state index in [1.54, 1.807) is 11.8 Å². The van der Waals surface area contributed by atoms with E-state index in [1.807, 2.05) is 36.7 Å². The van der Waals surface area contributed by atoms with Gasteiger partial charge in [0.1, 0.15) is 0 Å². The highest BCUT2D eigenvalue weighted by Gasteiger charge is 2.42. The Kier molecular flexibility index (Phi) is 5.21. The number of carboxylic acids is 1. The fourth-order valence-corrected chi connectivity index (χ4v) is 3.48. The normalized spacial score (nSPS) is 19.3. The molecule has 1 aromatic heterocycles. The van der Waals surface area contributed by atoms with Gasteiger partial charge in [0.05, 0.1) is 17.7 Å². The van der Waals surface area contributed by atoms with E-state index >= 15 is 0 Å². The summed E-state index contributed by atoms with van der Waals surface area (Å²) in [6, 6.07) is 9.88. The number of carboxylic acid groups (broad SMARTS) is 1. The summed E-state index contributed by atoms with van der Waals surface area (Å²) in [6.45, 7) is 7.38. The molecule has 3 rings (SSSR count). The Hall–Kier alpha value is -2.83. The van der Waals surface area contributed by atoms with Gasteiger partial charge >= 0.3 is 12.0 Å². The first-order valence-electron chi connectivity index (χ1n) is 9.13. The Balaban J connectivity index is 1.63. The maximum Gasteiger partial charge on any atom is 0.317 e. The summed E-state index contributed by atoms with van der Waals surface area (Å²) in [5, 5.41) is 16.8. The third-order valence-corrected chi connectivity index (χ3v) is 5.40. The number of carbonyl (C=O) groups is 2. The van der Waals surface area contributed by atoms with E-state index in [4.69, 9.17) is 0 Å². The van der Waals surface area contributed by atoms with Crippen LogP contribution in [0.2, 0.25) is 0 Å². The third kappa shape index (κ3) is 3.97. The first kappa shape index (κ1) is 18.9. The lowest BCUT2D eigenvalue weighted by molar-refractivity contribution is -0.147. The number of urea groups is 1. The molecule has 0 aliphatic carbocycles. The molecule has 1 aliphatic rings. The summed E-state index contributed by atoms with van der Waals surface area (Å²) in [5.74, 6) is -0.855. The number of carbonyl (C=O) groups excluding carboxylic acids is 1. The number of aliphatic carboxylic acids is 1. The molecule has 144 valence electrons. The molecule has 1 unspecified atom stereocenters. The average Bonchev–Trinajstić information content (AvgIpc) is 3.16. The van der Waals surface area contributed by atoms with Gasteiger partial charge in [-0.3, -0.25) is 9.48 Å². The number of likely N-dealkylation sites (tertiary alicyclic amines) is 1. The molecular formula is C20H26N4O3. The van der Waals surface area contributed by atoms with Crippen LogP contribution in [0.4, 0.5) is 4.79 Å². The summed E-state index contributed by atoms with van der Waals surface area (Å²) < 4.78 is 1.95. The first-order chi connectivity index (χ1) is 12.8. The highest BCUT2D eigenvalue weighted by Crippen LogP contribution is 2.30. The zero-order valence-electron chi connectivity index (χ0n) is 16.0. The van der Waals surface area contributed by atoms with Crippen molar-refractivity contribution in [1.82, 2.24) is 20.0 Å². The molecule has 1 atom stereocenters. The van der Waals surface area contributed by atoms with Crippen molar-refractivity contribution >= 4 is 12.0 Å². The van der Waals surface area contributed by atoms with E-state index in [0.717, 1.165) is 17.0 Å². The van der Waals surface area contributed by atoms with Crippen LogP contribution in [0, 0.1) is 19.3 Å². The van der Waals surface area contributed by atoms with Gasteiger partial charge in [-0.1, -0.05) is 30.3 Å². The molecule has 0 saturated carbocycles. The second-order valence-corrected chi connectivity index (χ2v) is 7.49. The molecule has 1 aliphatic heterocycles. The molecule has 1 fully saturated rings. The van der Waals surface area contributed by atoms with Crippen LogP contribution in [0.3, 0.4) is 0 Å². The Morgan fingerprint density at radius 1 is 1.26 bits per heavy atom. The van der Waals surface area contributed by atoms with Crippen molar-refractivity contribution in [3.63, 3.8) is 0 Å². The van der Waals surface area contributed by atoms with E-state index in [1.165, 1.54) is 5.56 Å². The van der Waals surface area contributed by atoms with Crippen molar-refractivity contribution in [2.45, 2.75) is 40.3 Å². The van der Waals surface area contributed by atoms with E-state index < -0.39 is 11.4 Å². The van der Waals surface area contributed by atoms with Crippen LogP contribution >= 0.6 is 0 Å². The molecule has 1 saturated heterocycles. The highest BCUT2D eigenvalue weighted by molar-refractivity contribution is 5.79. The molecule has 0 spiro atoms. The highest BCUT2D eigenvalue weighted by atomic mass is 16.4. The van der Waals surface area contributed by atoms with E-state index in [-0.39, 0.29) is 12.6 Å². The number of nitrogens with zero attached hydrogens (tertiary/aromatic N) is 3. The van der Waals surface area contributed by atoms with Crippen molar-refractivity contribution in [2.24, 2.45) is 5.41 Å². The monoisotopic (exact) mass is 370 g/mol. The minimum atomic E-state index is -0.857. The molecule has 2 heterocycles.